The molecule has 3 aromatic rings. The molecule has 8 nitrogen and oxygen atoms in total. The molecule has 32 heavy (non-hydrogen) atoms. The van der Waals surface area contributed by atoms with Crippen LogP contribution in [0.1, 0.15) is 25.1 Å². The zero-order valence-electron chi connectivity index (χ0n) is 18.1. The van der Waals surface area contributed by atoms with Crippen molar-refractivity contribution in [3.8, 4) is 11.4 Å². The number of anilines is 2. The lowest BCUT2D eigenvalue weighted by molar-refractivity contribution is 0.521. The van der Waals surface area contributed by atoms with Gasteiger partial charge in [0.2, 0.25) is 10.0 Å². The molecule has 0 spiro atoms. The SMILES string of the molecule is CN(C)S(=O)(=O)c1cccc(NC(=S)Nc2cccc(-c3nnc4n3CCCCC4)c2)c1. The number of hydrogen-bond acceptors (Lipinski definition) is 5. The summed E-state index contributed by atoms with van der Waals surface area (Å²) in [5, 5.41) is 15.4. The average Bonchev–Trinajstić information content (AvgIpc) is 3.02. The van der Waals surface area contributed by atoms with Gasteiger partial charge in [0.25, 0.3) is 0 Å². The maximum absolute atomic E-state index is 12.4. The van der Waals surface area contributed by atoms with Crippen LogP contribution >= 0.6 is 12.2 Å². The second kappa shape index (κ2) is 9.35. The van der Waals surface area contributed by atoms with Gasteiger partial charge in [-0.05, 0) is 55.4 Å². The van der Waals surface area contributed by atoms with Gasteiger partial charge >= 0.3 is 0 Å². The van der Waals surface area contributed by atoms with E-state index in [1.165, 1.54) is 24.8 Å². The number of thiocarbonyl (C=S) groups is 1. The molecule has 0 unspecified atom stereocenters. The Bertz CT molecular complexity index is 1240. The van der Waals surface area contributed by atoms with Gasteiger partial charge in [0.15, 0.2) is 10.9 Å². The summed E-state index contributed by atoms with van der Waals surface area (Å²) >= 11 is 5.45. The van der Waals surface area contributed by atoms with Crippen LogP contribution in [0.25, 0.3) is 11.4 Å². The van der Waals surface area contributed by atoms with Crippen molar-refractivity contribution in [2.45, 2.75) is 37.1 Å². The van der Waals surface area contributed by atoms with Crippen LogP contribution in [0.3, 0.4) is 0 Å². The van der Waals surface area contributed by atoms with Crippen molar-refractivity contribution in [3.63, 3.8) is 0 Å². The summed E-state index contributed by atoms with van der Waals surface area (Å²) in [4.78, 5) is 0.199. The van der Waals surface area contributed by atoms with E-state index in [2.05, 4.69) is 25.4 Å². The second-order valence-corrected chi connectivity index (χ2v) is 10.4. The number of rotatable bonds is 5. The first kappa shape index (κ1) is 22.4. The quantitative estimate of drug-likeness (QED) is 0.549. The smallest absolute Gasteiger partial charge is 0.242 e. The number of nitrogens with one attached hydrogen (secondary N) is 2. The van der Waals surface area contributed by atoms with Gasteiger partial charge in [-0.2, -0.15) is 0 Å². The molecule has 1 aromatic heterocycles. The highest BCUT2D eigenvalue weighted by Gasteiger charge is 2.18. The first-order valence-corrected chi connectivity index (χ1v) is 12.3. The minimum atomic E-state index is -3.52. The maximum atomic E-state index is 12.4. The Kier molecular flexibility index (Phi) is 6.54. The van der Waals surface area contributed by atoms with Gasteiger partial charge in [-0.3, -0.25) is 0 Å². The van der Waals surface area contributed by atoms with E-state index in [9.17, 15) is 8.42 Å². The summed E-state index contributed by atoms with van der Waals surface area (Å²) in [5.41, 5.74) is 2.37. The Hall–Kier alpha value is -2.82. The van der Waals surface area contributed by atoms with E-state index in [-0.39, 0.29) is 4.90 Å². The average molecular weight is 471 g/mol. The Morgan fingerprint density at radius 1 is 1.00 bits per heavy atom. The maximum Gasteiger partial charge on any atom is 0.242 e. The summed E-state index contributed by atoms with van der Waals surface area (Å²) < 4.78 is 28.1. The zero-order valence-corrected chi connectivity index (χ0v) is 19.7. The fourth-order valence-corrected chi connectivity index (χ4v) is 4.86. The molecule has 168 valence electrons. The van der Waals surface area contributed by atoms with Crippen LogP contribution in [0, 0.1) is 0 Å². The normalized spacial score (nSPS) is 14.0. The minimum Gasteiger partial charge on any atom is -0.332 e. The number of sulfonamides is 1. The van der Waals surface area contributed by atoms with Crippen molar-refractivity contribution in [2.24, 2.45) is 0 Å². The topological polar surface area (TPSA) is 92.2 Å². The second-order valence-electron chi connectivity index (χ2n) is 7.88. The highest BCUT2D eigenvalue weighted by atomic mass is 32.2. The van der Waals surface area contributed by atoms with Gasteiger partial charge in [-0.15, -0.1) is 10.2 Å². The minimum absolute atomic E-state index is 0.199. The lowest BCUT2D eigenvalue weighted by Gasteiger charge is -2.14. The van der Waals surface area contributed by atoms with Gasteiger partial charge < -0.3 is 15.2 Å². The molecule has 0 saturated carbocycles. The largest absolute Gasteiger partial charge is 0.332 e. The van der Waals surface area contributed by atoms with Gasteiger partial charge in [0, 0.05) is 44.0 Å². The first-order chi connectivity index (χ1) is 15.3. The highest BCUT2D eigenvalue weighted by Crippen LogP contribution is 2.25. The number of fused-ring (bicyclic) bond motifs is 1. The molecule has 2 heterocycles. The number of aromatic nitrogens is 3. The molecule has 0 atom stereocenters. The van der Waals surface area contributed by atoms with Crippen LogP contribution in [0.5, 0.6) is 0 Å². The van der Waals surface area contributed by atoms with E-state index in [1.807, 2.05) is 24.3 Å². The molecule has 0 radical (unpaired) electrons. The molecule has 1 aliphatic heterocycles. The molecule has 1 aliphatic rings. The van der Waals surface area contributed by atoms with Crippen LogP contribution < -0.4 is 10.6 Å². The number of nitrogens with zero attached hydrogens (tertiary/aromatic N) is 4. The molecular weight excluding hydrogens is 444 g/mol. The third kappa shape index (κ3) is 4.82. The van der Waals surface area contributed by atoms with E-state index >= 15 is 0 Å². The van der Waals surface area contributed by atoms with Gasteiger partial charge in [0.1, 0.15) is 5.82 Å². The van der Waals surface area contributed by atoms with Crippen LogP contribution in [-0.4, -0.2) is 46.7 Å². The fourth-order valence-electron chi connectivity index (χ4n) is 3.67. The van der Waals surface area contributed by atoms with Crippen LogP contribution in [0.2, 0.25) is 0 Å². The van der Waals surface area contributed by atoms with Crippen molar-refractivity contribution in [1.29, 1.82) is 0 Å². The predicted molar refractivity (Wildman–Crippen MR) is 130 cm³/mol. The molecule has 0 aliphatic carbocycles. The van der Waals surface area contributed by atoms with E-state index in [0.29, 0.717) is 10.8 Å². The monoisotopic (exact) mass is 470 g/mol. The van der Waals surface area contributed by atoms with Crippen LogP contribution in [0.15, 0.2) is 53.4 Å². The number of benzene rings is 2. The lowest BCUT2D eigenvalue weighted by atomic mass is 10.2. The fraction of sp³-hybridized carbons (Fsp3) is 0.318. The third-order valence-corrected chi connectivity index (χ3v) is 7.37. The van der Waals surface area contributed by atoms with Gasteiger partial charge in [-0.1, -0.05) is 24.6 Å². The van der Waals surface area contributed by atoms with E-state index in [0.717, 1.165) is 48.7 Å². The Morgan fingerprint density at radius 3 is 2.47 bits per heavy atom. The van der Waals surface area contributed by atoms with Crippen molar-refractivity contribution in [3.05, 3.63) is 54.4 Å². The van der Waals surface area contributed by atoms with Crippen molar-refractivity contribution in [2.75, 3.05) is 24.7 Å². The summed E-state index contributed by atoms with van der Waals surface area (Å²) in [7, 11) is -0.515. The molecule has 4 rings (SSSR count). The lowest BCUT2D eigenvalue weighted by Crippen LogP contribution is -2.23. The van der Waals surface area contributed by atoms with Gasteiger partial charge in [-0.25, -0.2) is 12.7 Å². The van der Waals surface area contributed by atoms with Crippen molar-refractivity contribution >= 4 is 38.7 Å². The van der Waals surface area contributed by atoms with Crippen molar-refractivity contribution < 1.29 is 8.42 Å². The number of hydrogen-bond donors (Lipinski definition) is 2. The van der Waals surface area contributed by atoms with Crippen LogP contribution in [-0.2, 0) is 23.0 Å². The zero-order chi connectivity index (χ0) is 22.7. The Morgan fingerprint density at radius 2 is 1.72 bits per heavy atom. The molecule has 0 saturated heterocycles. The van der Waals surface area contributed by atoms with E-state index in [1.54, 1.807) is 24.3 Å². The van der Waals surface area contributed by atoms with Gasteiger partial charge in [0.05, 0.1) is 4.90 Å². The van der Waals surface area contributed by atoms with Crippen molar-refractivity contribution in [1.82, 2.24) is 19.1 Å². The summed E-state index contributed by atoms with van der Waals surface area (Å²) in [6.45, 7) is 0.932. The summed E-state index contributed by atoms with van der Waals surface area (Å²) in [5.74, 6) is 1.91. The van der Waals surface area contributed by atoms with E-state index < -0.39 is 10.0 Å². The van der Waals surface area contributed by atoms with Crippen LogP contribution in [0.4, 0.5) is 11.4 Å². The molecule has 0 fully saturated rings. The Balaban J connectivity index is 1.49. The predicted octanol–water partition coefficient (Wildman–Crippen LogP) is 3.73. The van der Waals surface area contributed by atoms with E-state index in [4.69, 9.17) is 12.2 Å². The third-order valence-electron chi connectivity index (χ3n) is 5.36. The molecular formula is C22H26N6O2S2. The summed E-state index contributed by atoms with van der Waals surface area (Å²) in [6.07, 6.45) is 4.45. The molecule has 10 heteroatoms. The standard InChI is InChI=1S/C22H26N6O2S2/c1-27(2)32(29,30)19-11-7-10-18(15-19)24-22(31)23-17-9-6-8-16(14-17)21-26-25-20-12-4-3-5-13-28(20)21/h6-11,14-15H,3-5,12-13H2,1-2H3,(H2,23,24,31). The molecule has 0 amide bonds. The highest BCUT2D eigenvalue weighted by molar-refractivity contribution is 7.89. The first-order valence-electron chi connectivity index (χ1n) is 10.5. The molecule has 0 bridgehead atoms. The Labute approximate surface area is 193 Å². The molecule has 2 N–H and O–H groups in total. The summed E-state index contributed by atoms with van der Waals surface area (Å²) in [6, 6.07) is 14.4. The molecule has 2 aromatic carbocycles. The number of aryl methyl sites for hydroxylation is 1.